The van der Waals surface area contributed by atoms with Gasteiger partial charge in [-0.3, -0.25) is 0 Å². The van der Waals surface area contributed by atoms with Gasteiger partial charge in [0.25, 0.3) is 0 Å². The van der Waals surface area contributed by atoms with E-state index in [9.17, 15) is 10.2 Å². The predicted octanol–water partition coefficient (Wildman–Crippen LogP) is 1.57. The summed E-state index contributed by atoms with van der Waals surface area (Å²) in [6.45, 7) is 0.104. The summed E-state index contributed by atoms with van der Waals surface area (Å²) in [7, 11) is 1.53. The van der Waals surface area contributed by atoms with Gasteiger partial charge in [-0.15, -0.1) is 0 Å². The fourth-order valence-electron chi connectivity index (χ4n) is 2.16. The van der Waals surface area contributed by atoms with Gasteiger partial charge >= 0.3 is 0 Å². The van der Waals surface area contributed by atoms with Crippen LogP contribution in [0, 0.1) is 0 Å². The summed E-state index contributed by atoms with van der Waals surface area (Å²) < 4.78 is 10.3. The number of aliphatic hydroxyl groups is 2. The van der Waals surface area contributed by atoms with Crippen LogP contribution >= 0.6 is 0 Å². The van der Waals surface area contributed by atoms with Gasteiger partial charge in [0.1, 0.15) is 11.4 Å². The van der Waals surface area contributed by atoms with E-state index in [1.807, 2.05) is 18.2 Å². The molecule has 98 valence electrons. The molecule has 0 spiro atoms. The second-order valence-corrected chi connectivity index (χ2v) is 4.37. The first-order valence-electron chi connectivity index (χ1n) is 5.98. The van der Waals surface area contributed by atoms with E-state index in [-0.39, 0.29) is 6.79 Å². The number of rotatable bonds is 4. The van der Waals surface area contributed by atoms with E-state index in [0.717, 1.165) is 6.42 Å². The first-order valence-corrected chi connectivity index (χ1v) is 5.98. The molecule has 1 aliphatic rings. The molecule has 0 radical (unpaired) electrons. The largest absolute Gasteiger partial charge is 0.467 e. The molecule has 0 fully saturated rings. The molecule has 0 aromatic heterocycles. The van der Waals surface area contributed by atoms with Crippen molar-refractivity contribution in [2.75, 3.05) is 13.9 Å². The second-order valence-electron chi connectivity index (χ2n) is 4.37. The van der Waals surface area contributed by atoms with Gasteiger partial charge in [0, 0.05) is 12.7 Å². The first kappa shape index (κ1) is 13.1. The van der Waals surface area contributed by atoms with Crippen LogP contribution in [0.25, 0.3) is 0 Å². The summed E-state index contributed by atoms with van der Waals surface area (Å²) in [5, 5.41) is 20.7. The van der Waals surface area contributed by atoms with Crippen LogP contribution in [0.5, 0.6) is 5.75 Å². The minimum absolute atomic E-state index is 0.104. The number of allylic oxidation sites excluding steroid dienone is 1. The molecule has 2 N–H and O–H groups in total. The lowest BCUT2D eigenvalue weighted by atomic mass is 9.81. The molecule has 1 aliphatic carbocycles. The van der Waals surface area contributed by atoms with Crippen molar-refractivity contribution in [3.8, 4) is 5.75 Å². The van der Waals surface area contributed by atoms with E-state index in [2.05, 4.69) is 0 Å². The van der Waals surface area contributed by atoms with Gasteiger partial charge in [0.15, 0.2) is 6.79 Å². The maximum Gasteiger partial charge on any atom is 0.188 e. The number of aliphatic hydroxyl groups excluding tert-OH is 1. The third kappa shape index (κ3) is 2.41. The van der Waals surface area contributed by atoms with Gasteiger partial charge in [0.05, 0.1) is 6.10 Å². The molecular formula is C14H18O4. The summed E-state index contributed by atoms with van der Waals surface area (Å²) in [4.78, 5) is 0. The molecule has 0 aliphatic heterocycles. The molecule has 4 nitrogen and oxygen atoms in total. The summed E-state index contributed by atoms with van der Waals surface area (Å²) in [6.07, 6.45) is 3.99. The van der Waals surface area contributed by atoms with E-state index in [1.54, 1.807) is 18.2 Å². The van der Waals surface area contributed by atoms with Crippen LogP contribution in [0.2, 0.25) is 0 Å². The minimum Gasteiger partial charge on any atom is -0.467 e. The number of hydrogen-bond donors (Lipinski definition) is 2. The van der Waals surface area contributed by atoms with Crippen LogP contribution in [0.15, 0.2) is 36.4 Å². The molecule has 2 unspecified atom stereocenters. The number of hydrogen-bond acceptors (Lipinski definition) is 4. The Balaban J connectivity index is 2.36. The maximum absolute atomic E-state index is 10.6. The lowest BCUT2D eigenvalue weighted by Crippen LogP contribution is -2.39. The Bertz CT molecular complexity index is 430. The van der Waals surface area contributed by atoms with E-state index < -0.39 is 11.7 Å². The van der Waals surface area contributed by atoms with Crippen molar-refractivity contribution >= 4 is 0 Å². The molecule has 2 rings (SSSR count). The summed E-state index contributed by atoms with van der Waals surface area (Å²) in [5.41, 5.74) is -0.826. The zero-order chi connectivity index (χ0) is 13.0. The Morgan fingerprint density at radius 2 is 2.17 bits per heavy atom. The monoisotopic (exact) mass is 250 g/mol. The zero-order valence-corrected chi connectivity index (χ0v) is 10.4. The average Bonchev–Trinajstić information content (AvgIpc) is 2.40. The smallest absolute Gasteiger partial charge is 0.188 e. The van der Waals surface area contributed by atoms with E-state index in [1.165, 1.54) is 7.11 Å². The molecule has 0 amide bonds. The van der Waals surface area contributed by atoms with Crippen molar-refractivity contribution in [2.24, 2.45) is 0 Å². The van der Waals surface area contributed by atoms with Gasteiger partial charge < -0.3 is 19.7 Å². The van der Waals surface area contributed by atoms with Crippen LogP contribution < -0.4 is 4.74 Å². The average molecular weight is 250 g/mol. The van der Waals surface area contributed by atoms with Crippen LogP contribution in [0.1, 0.15) is 18.4 Å². The van der Waals surface area contributed by atoms with Crippen LogP contribution in [0.4, 0.5) is 0 Å². The Morgan fingerprint density at radius 1 is 1.39 bits per heavy atom. The summed E-state index contributed by atoms with van der Waals surface area (Å²) in [6, 6.07) is 7.13. The van der Waals surface area contributed by atoms with Crippen LogP contribution in [0.3, 0.4) is 0 Å². The van der Waals surface area contributed by atoms with E-state index in [4.69, 9.17) is 9.47 Å². The lowest BCUT2D eigenvalue weighted by molar-refractivity contribution is -0.0548. The van der Waals surface area contributed by atoms with Gasteiger partial charge in [-0.2, -0.15) is 0 Å². The third-order valence-corrected chi connectivity index (χ3v) is 3.14. The number of ether oxygens (including phenoxy) is 2. The number of para-hydroxylation sites is 1. The molecule has 2 atom stereocenters. The van der Waals surface area contributed by atoms with Gasteiger partial charge in [-0.05, 0) is 25.0 Å². The topological polar surface area (TPSA) is 58.9 Å². The quantitative estimate of drug-likeness (QED) is 0.629. The highest BCUT2D eigenvalue weighted by Gasteiger charge is 2.38. The Hall–Kier alpha value is -1.36. The zero-order valence-electron chi connectivity index (χ0n) is 10.4. The Morgan fingerprint density at radius 3 is 2.89 bits per heavy atom. The van der Waals surface area contributed by atoms with Crippen molar-refractivity contribution in [3.05, 3.63) is 42.0 Å². The molecule has 1 aromatic rings. The molecule has 1 aromatic carbocycles. The fraction of sp³-hybridized carbons (Fsp3) is 0.429. The van der Waals surface area contributed by atoms with Crippen LogP contribution in [-0.2, 0) is 10.3 Å². The Kier molecular flexibility index (Phi) is 4.01. The third-order valence-electron chi connectivity index (χ3n) is 3.14. The number of benzene rings is 1. The lowest BCUT2D eigenvalue weighted by Gasteiger charge is -2.34. The predicted molar refractivity (Wildman–Crippen MR) is 67.2 cm³/mol. The molecule has 18 heavy (non-hydrogen) atoms. The SMILES string of the molecule is COCOc1ccccc1C1(O)C=CCCC1O. The molecule has 0 saturated heterocycles. The maximum atomic E-state index is 10.6. The molecular weight excluding hydrogens is 232 g/mol. The highest BCUT2D eigenvalue weighted by molar-refractivity contribution is 5.42. The van der Waals surface area contributed by atoms with Gasteiger partial charge in [-0.1, -0.05) is 24.3 Å². The Labute approximate surface area is 106 Å². The molecule has 0 heterocycles. The van der Waals surface area contributed by atoms with Gasteiger partial charge in [-0.25, -0.2) is 0 Å². The summed E-state index contributed by atoms with van der Waals surface area (Å²) in [5.74, 6) is 0.521. The fourth-order valence-corrected chi connectivity index (χ4v) is 2.16. The van der Waals surface area contributed by atoms with Crippen molar-refractivity contribution in [1.29, 1.82) is 0 Å². The first-order chi connectivity index (χ1) is 8.68. The van der Waals surface area contributed by atoms with Crippen molar-refractivity contribution in [2.45, 2.75) is 24.5 Å². The summed E-state index contributed by atoms with van der Waals surface area (Å²) >= 11 is 0. The molecule has 0 saturated carbocycles. The van der Waals surface area contributed by atoms with E-state index >= 15 is 0 Å². The van der Waals surface area contributed by atoms with E-state index in [0.29, 0.717) is 17.7 Å². The standard InChI is InChI=1S/C14H18O4/c1-17-10-18-12-7-3-2-6-11(12)14(16)9-5-4-8-13(14)15/h2-3,5-7,9,13,15-16H,4,8,10H2,1H3. The van der Waals surface area contributed by atoms with Gasteiger partial charge in [0.2, 0.25) is 0 Å². The van der Waals surface area contributed by atoms with Crippen LogP contribution in [-0.4, -0.2) is 30.2 Å². The number of methoxy groups -OCH3 is 1. The second kappa shape index (κ2) is 5.52. The molecule has 0 bridgehead atoms. The molecule has 4 heteroatoms. The van der Waals surface area contributed by atoms with Crippen molar-refractivity contribution in [1.82, 2.24) is 0 Å². The van der Waals surface area contributed by atoms with Crippen molar-refractivity contribution in [3.63, 3.8) is 0 Å². The highest BCUT2D eigenvalue weighted by Crippen LogP contribution is 2.37. The normalized spacial score (nSPS) is 27.2. The highest BCUT2D eigenvalue weighted by atomic mass is 16.7. The van der Waals surface area contributed by atoms with Crippen molar-refractivity contribution < 1.29 is 19.7 Å². The minimum atomic E-state index is -1.39.